The van der Waals surface area contributed by atoms with Crippen LogP contribution in [0.15, 0.2) is 60.7 Å². The van der Waals surface area contributed by atoms with Crippen molar-refractivity contribution in [2.75, 3.05) is 4.90 Å². The summed E-state index contributed by atoms with van der Waals surface area (Å²) in [4.78, 5) is 29.0. The molecule has 0 atom stereocenters. The molecule has 0 fully saturated rings. The van der Waals surface area contributed by atoms with Crippen LogP contribution in [-0.4, -0.2) is 27.0 Å². The Kier molecular flexibility index (Phi) is 4.61. The summed E-state index contributed by atoms with van der Waals surface area (Å²) in [6, 6.07) is 19.0. The Bertz CT molecular complexity index is 897. The Hall–Kier alpha value is -3.41. The van der Waals surface area contributed by atoms with Crippen LogP contribution in [0.3, 0.4) is 0 Å². The predicted molar refractivity (Wildman–Crippen MR) is 94.5 cm³/mol. The minimum Gasteiger partial charge on any atom is -0.274 e. The third-order valence-corrected chi connectivity index (χ3v) is 3.60. The van der Waals surface area contributed by atoms with Gasteiger partial charge < -0.3 is 0 Å². The van der Waals surface area contributed by atoms with Gasteiger partial charge in [-0.15, -0.1) is 10.2 Å². The van der Waals surface area contributed by atoms with E-state index in [1.807, 2.05) is 60.7 Å². The number of aromatic nitrogens is 3. The highest BCUT2D eigenvalue weighted by atomic mass is 16.2. The van der Waals surface area contributed by atoms with Crippen molar-refractivity contribution in [1.29, 1.82) is 0 Å². The first-order valence-corrected chi connectivity index (χ1v) is 7.74. The summed E-state index contributed by atoms with van der Waals surface area (Å²) in [5.41, 5.74) is 2.82. The Balaban J connectivity index is 2.21. The molecule has 0 aliphatic rings. The van der Waals surface area contributed by atoms with Gasteiger partial charge in [-0.25, -0.2) is 9.88 Å². The fourth-order valence-corrected chi connectivity index (χ4v) is 2.50. The van der Waals surface area contributed by atoms with Gasteiger partial charge in [0.1, 0.15) is 11.4 Å². The maximum absolute atomic E-state index is 11.8. The van der Waals surface area contributed by atoms with Crippen molar-refractivity contribution in [3.8, 4) is 22.5 Å². The monoisotopic (exact) mass is 332 g/mol. The van der Waals surface area contributed by atoms with E-state index < -0.39 is 11.8 Å². The number of carbonyl (C=O) groups excluding carboxylic acids is 2. The van der Waals surface area contributed by atoms with Gasteiger partial charge in [-0.3, -0.25) is 9.59 Å². The van der Waals surface area contributed by atoms with E-state index in [4.69, 9.17) is 0 Å². The molecule has 25 heavy (non-hydrogen) atoms. The number of anilines is 1. The fraction of sp³-hybridized carbons (Fsp3) is 0.105. The van der Waals surface area contributed by atoms with Gasteiger partial charge in [-0.1, -0.05) is 60.7 Å². The zero-order valence-corrected chi connectivity index (χ0v) is 13.9. The first-order chi connectivity index (χ1) is 12.1. The molecule has 1 aromatic heterocycles. The molecule has 124 valence electrons. The van der Waals surface area contributed by atoms with Gasteiger partial charge in [0.2, 0.25) is 11.8 Å². The molecule has 0 N–H and O–H groups in total. The van der Waals surface area contributed by atoms with Gasteiger partial charge in [0.15, 0.2) is 0 Å². The molecule has 0 bridgehead atoms. The second-order valence-corrected chi connectivity index (χ2v) is 5.41. The highest BCUT2D eigenvalue weighted by Gasteiger charge is 2.22. The van der Waals surface area contributed by atoms with E-state index >= 15 is 0 Å². The zero-order chi connectivity index (χ0) is 17.8. The Morgan fingerprint density at radius 3 is 1.68 bits per heavy atom. The van der Waals surface area contributed by atoms with Gasteiger partial charge >= 0.3 is 0 Å². The number of hydrogen-bond acceptors (Lipinski definition) is 5. The van der Waals surface area contributed by atoms with Crippen LogP contribution in [0.5, 0.6) is 0 Å². The average Bonchev–Trinajstić information content (AvgIpc) is 2.62. The normalized spacial score (nSPS) is 10.3. The molecule has 0 aliphatic heterocycles. The summed E-state index contributed by atoms with van der Waals surface area (Å²) in [5, 5.41) is 8.26. The molecule has 3 rings (SSSR count). The number of hydrogen-bond donors (Lipinski definition) is 0. The van der Waals surface area contributed by atoms with Crippen molar-refractivity contribution in [2.45, 2.75) is 13.8 Å². The van der Waals surface area contributed by atoms with Gasteiger partial charge in [-0.2, -0.15) is 0 Å². The molecular weight excluding hydrogens is 316 g/mol. The summed E-state index contributed by atoms with van der Waals surface area (Å²) in [7, 11) is 0. The van der Waals surface area contributed by atoms with Gasteiger partial charge in [-0.05, 0) is 0 Å². The first kappa shape index (κ1) is 16.4. The molecule has 2 aromatic carbocycles. The van der Waals surface area contributed by atoms with Crippen LogP contribution in [0.2, 0.25) is 0 Å². The van der Waals surface area contributed by atoms with E-state index in [1.165, 1.54) is 13.8 Å². The first-order valence-electron chi connectivity index (χ1n) is 7.74. The fourth-order valence-electron chi connectivity index (χ4n) is 2.50. The van der Waals surface area contributed by atoms with E-state index in [0.717, 1.165) is 16.0 Å². The number of carbonyl (C=O) groups is 2. The highest BCUT2D eigenvalue weighted by molar-refractivity contribution is 6.11. The molecule has 0 aliphatic carbocycles. The highest BCUT2D eigenvalue weighted by Crippen LogP contribution is 2.29. The van der Waals surface area contributed by atoms with Crippen LogP contribution in [-0.2, 0) is 9.59 Å². The molecule has 6 nitrogen and oxygen atoms in total. The summed E-state index contributed by atoms with van der Waals surface area (Å²) < 4.78 is 0. The lowest BCUT2D eigenvalue weighted by atomic mass is 10.0. The van der Waals surface area contributed by atoms with Gasteiger partial charge in [0, 0.05) is 25.0 Å². The number of imide groups is 1. The largest absolute Gasteiger partial charge is 0.274 e. The van der Waals surface area contributed by atoms with Crippen molar-refractivity contribution in [1.82, 2.24) is 15.2 Å². The van der Waals surface area contributed by atoms with Crippen LogP contribution in [0.4, 0.5) is 5.95 Å². The minimum absolute atomic E-state index is 0.0291. The van der Waals surface area contributed by atoms with Crippen molar-refractivity contribution < 1.29 is 9.59 Å². The Morgan fingerprint density at radius 1 is 0.720 bits per heavy atom. The molecule has 2 amide bonds. The van der Waals surface area contributed by atoms with E-state index in [1.54, 1.807) is 0 Å². The molecule has 0 unspecified atom stereocenters. The molecule has 0 spiro atoms. The van der Waals surface area contributed by atoms with E-state index in [9.17, 15) is 9.59 Å². The lowest BCUT2D eigenvalue weighted by molar-refractivity contribution is -0.124. The molecule has 0 radical (unpaired) electrons. The Morgan fingerprint density at radius 2 is 1.20 bits per heavy atom. The molecule has 0 saturated carbocycles. The van der Waals surface area contributed by atoms with Crippen LogP contribution in [0.1, 0.15) is 13.8 Å². The molecule has 6 heteroatoms. The minimum atomic E-state index is -0.458. The van der Waals surface area contributed by atoms with Gasteiger partial charge in [0.25, 0.3) is 5.95 Å². The average molecular weight is 332 g/mol. The van der Waals surface area contributed by atoms with Crippen LogP contribution < -0.4 is 4.90 Å². The van der Waals surface area contributed by atoms with Crippen LogP contribution in [0, 0.1) is 0 Å². The topological polar surface area (TPSA) is 76.1 Å². The smallest absolute Gasteiger partial charge is 0.259 e. The van der Waals surface area contributed by atoms with Crippen molar-refractivity contribution in [2.24, 2.45) is 0 Å². The van der Waals surface area contributed by atoms with Crippen molar-refractivity contribution in [3.05, 3.63) is 60.7 Å². The van der Waals surface area contributed by atoms with E-state index in [-0.39, 0.29) is 5.95 Å². The van der Waals surface area contributed by atoms with Gasteiger partial charge in [0.05, 0.1) is 0 Å². The lowest BCUT2D eigenvalue weighted by Gasteiger charge is -2.16. The van der Waals surface area contributed by atoms with E-state index in [2.05, 4.69) is 15.2 Å². The predicted octanol–water partition coefficient (Wildman–Crippen LogP) is 3.11. The number of benzene rings is 2. The summed E-state index contributed by atoms with van der Waals surface area (Å²) >= 11 is 0. The molecule has 3 aromatic rings. The maximum atomic E-state index is 11.8. The summed E-state index contributed by atoms with van der Waals surface area (Å²) in [5.74, 6) is -0.944. The van der Waals surface area contributed by atoms with Crippen molar-refractivity contribution >= 4 is 17.8 Å². The number of rotatable bonds is 3. The quantitative estimate of drug-likeness (QED) is 0.736. The second-order valence-electron chi connectivity index (χ2n) is 5.41. The maximum Gasteiger partial charge on any atom is 0.259 e. The molecular formula is C19H16N4O2. The summed E-state index contributed by atoms with van der Waals surface area (Å²) in [6.07, 6.45) is 0. The zero-order valence-electron chi connectivity index (χ0n) is 13.9. The van der Waals surface area contributed by atoms with Crippen molar-refractivity contribution in [3.63, 3.8) is 0 Å². The third-order valence-electron chi connectivity index (χ3n) is 3.60. The molecule has 0 saturated heterocycles. The lowest BCUT2D eigenvalue weighted by Crippen LogP contribution is -2.35. The van der Waals surface area contributed by atoms with Crippen LogP contribution in [0.25, 0.3) is 22.5 Å². The van der Waals surface area contributed by atoms with Crippen LogP contribution >= 0.6 is 0 Å². The standard InChI is InChI=1S/C19H16N4O2/c1-13(24)23(14(2)25)19-20-17(15-9-5-3-6-10-15)18(21-22-19)16-11-7-4-8-12-16/h3-12H,1-2H3. The SMILES string of the molecule is CC(=O)N(C(C)=O)c1nnc(-c2ccccc2)c(-c2ccccc2)n1. The van der Waals surface area contributed by atoms with E-state index in [0.29, 0.717) is 11.4 Å². The third kappa shape index (κ3) is 3.42. The summed E-state index contributed by atoms with van der Waals surface area (Å²) in [6.45, 7) is 2.58. The molecule has 1 heterocycles. The number of amides is 2. The Labute approximate surface area is 145 Å². The number of nitrogens with zero attached hydrogens (tertiary/aromatic N) is 4. The second kappa shape index (κ2) is 7.00.